The molecule has 1 N–H and O–H groups in total. The first-order chi connectivity index (χ1) is 18.2. The van der Waals surface area contributed by atoms with E-state index in [0.29, 0.717) is 23.8 Å². The lowest BCUT2D eigenvalue weighted by Crippen LogP contribution is -2.40. The van der Waals surface area contributed by atoms with Crippen molar-refractivity contribution in [1.82, 2.24) is 29.8 Å². The maximum atomic E-state index is 12.4. The average molecular weight is 528 g/mol. The number of hydrogen-bond acceptors (Lipinski definition) is 8. The third kappa shape index (κ3) is 6.31. The van der Waals surface area contributed by atoms with Gasteiger partial charge in [0, 0.05) is 30.0 Å². The van der Waals surface area contributed by atoms with Gasteiger partial charge >= 0.3 is 6.36 Å². The number of likely N-dealkylation sites (N-methyl/N-ethyl adjacent to an activating group) is 1. The molecular weight excluding hydrogens is 499 g/mol. The third-order valence-corrected chi connectivity index (χ3v) is 6.57. The van der Waals surface area contributed by atoms with Gasteiger partial charge in [0.05, 0.1) is 6.54 Å². The van der Waals surface area contributed by atoms with Crippen LogP contribution >= 0.6 is 0 Å². The lowest BCUT2D eigenvalue weighted by molar-refractivity contribution is -0.274. The van der Waals surface area contributed by atoms with Crippen LogP contribution in [0.25, 0.3) is 23.0 Å². The van der Waals surface area contributed by atoms with Crippen LogP contribution in [-0.4, -0.2) is 62.3 Å². The first-order valence-corrected chi connectivity index (χ1v) is 12.4. The smallest absolute Gasteiger partial charge is 0.406 e. The monoisotopic (exact) mass is 527 g/mol. The molecule has 1 unspecified atom stereocenters. The molecule has 0 bridgehead atoms. The molecule has 4 heterocycles. The molecular formula is C26H28F3N7O2. The molecule has 3 aromatic heterocycles. The molecule has 0 spiro atoms. The van der Waals surface area contributed by atoms with Crippen LogP contribution in [-0.2, 0) is 6.54 Å². The van der Waals surface area contributed by atoms with Gasteiger partial charge in [0.1, 0.15) is 11.6 Å². The second-order valence-corrected chi connectivity index (χ2v) is 9.39. The number of halogens is 3. The van der Waals surface area contributed by atoms with Gasteiger partial charge in [-0.2, -0.15) is 10.1 Å². The molecule has 1 aliphatic heterocycles. The number of benzene rings is 1. The van der Waals surface area contributed by atoms with Crippen molar-refractivity contribution in [2.45, 2.75) is 45.1 Å². The fourth-order valence-corrected chi connectivity index (χ4v) is 4.45. The van der Waals surface area contributed by atoms with E-state index in [4.69, 9.17) is 4.52 Å². The normalized spacial score (nSPS) is 16.5. The zero-order chi connectivity index (χ0) is 26.7. The van der Waals surface area contributed by atoms with Crippen molar-refractivity contribution in [3.8, 4) is 28.7 Å². The molecule has 200 valence electrons. The Hall–Kier alpha value is -3.93. The highest BCUT2D eigenvalue weighted by Crippen LogP contribution is 2.27. The van der Waals surface area contributed by atoms with Crippen molar-refractivity contribution in [1.29, 1.82) is 0 Å². The number of piperidine rings is 1. The molecule has 1 saturated heterocycles. The molecule has 0 aliphatic carbocycles. The summed E-state index contributed by atoms with van der Waals surface area (Å²) >= 11 is 0. The van der Waals surface area contributed by atoms with Gasteiger partial charge in [0.15, 0.2) is 5.69 Å². The van der Waals surface area contributed by atoms with E-state index in [0.717, 1.165) is 30.2 Å². The topological polar surface area (TPSA) is 94.1 Å². The molecule has 0 saturated carbocycles. The second-order valence-electron chi connectivity index (χ2n) is 9.39. The number of nitrogens with zero attached hydrogens (tertiary/aromatic N) is 6. The number of aromatic nitrogens is 5. The number of alkyl halides is 3. The maximum Gasteiger partial charge on any atom is 0.573 e. The first-order valence-electron chi connectivity index (χ1n) is 12.4. The summed E-state index contributed by atoms with van der Waals surface area (Å²) in [7, 11) is 2.17. The fraction of sp³-hybridized carbons (Fsp3) is 0.385. The minimum Gasteiger partial charge on any atom is -0.406 e. The van der Waals surface area contributed by atoms with E-state index in [-0.39, 0.29) is 17.5 Å². The van der Waals surface area contributed by atoms with E-state index < -0.39 is 6.36 Å². The van der Waals surface area contributed by atoms with Gasteiger partial charge in [-0.15, -0.1) is 13.2 Å². The molecule has 9 nitrogen and oxygen atoms in total. The van der Waals surface area contributed by atoms with Crippen LogP contribution in [0.2, 0.25) is 0 Å². The summed E-state index contributed by atoms with van der Waals surface area (Å²) in [5.74, 6) is 0.969. The van der Waals surface area contributed by atoms with Gasteiger partial charge in [0.2, 0.25) is 5.82 Å². The van der Waals surface area contributed by atoms with Gasteiger partial charge in [-0.3, -0.25) is 4.68 Å². The third-order valence-electron chi connectivity index (χ3n) is 6.57. The number of pyridine rings is 1. The van der Waals surface area contributed by atoms with Crippen molar-refractivity contribution < 1.29 is 22.4 Å². The molecule has 5 rings (SSSR count). The molecule has 1 aromatic carbocycles. The van der Waals surface area contributed by atoms with Gasteiger partial charge in [-0.25, -0.2) is 4.98 Å². The first kappa shape index (κ1) is 25.7. The molecule has 1 fully saturated rings. The van der Waals surface area contributed by atoms with Crippen molar-refractivity contribution in [3.63, 3.8) is 0 Å². The summed E-state index contributed by atoms with van der Waals surface area (Å²) in [4.78, 5) is 11.3. The number of aryl methyl sites for hydroxylation is 1. The van der Waals surface area contributed by atoms with Gasteiger partial charge < -0.3 is 19.5 Å². The summed E-state index contributed by atoms with van der Waals surface area (Å²) in [6.45, 7) is 4.47. The van der Waals surface area contributed by atoms with E-state index in [1.807, 2.05) is 36.0 Å². The standard InChI is InChI=1S/C26H28F3N7O2/c1-17-13-22(25-32-24(34-38-25)19-7-9-21(10-8-19)37-26(27,28)29)33-36(17)16-18-6-11-23(30-14-18)31-15-20-5-3-4-12-35(20)2/h6-11,13-14,20H,3-5,12,15-16H2,1-2H3,(H,30,31). The number of likely N-dealkylation sites (tertiary alicyclic amines) is 1. The minimum absolute atomic E-state index is 0.211. The summed E-state index contributed by atoms with van der Waals surface area (Å²) < 4.78 is 48.2. The second kappa shape index (κ2) is 10.8. The van der Waals surface area contributed by atoms with Crippen molar-refractivity contribution in [2.75, 3.05) is 25.5 Å². The van der Waals surface area contributed by atoms with Crippen LogP contribution in [0.15, 0.2) is 53.2 Å². The molecule has 0 radical (unpaired) electrons. The van der Waals surface area contributed by atoms with Crippen LogP contribution in [0, 0.1) is 6.92 Å². The Labute approximate surface area is 217 Å². The number of hydrogen-bond donors (Lipinski definition) is 1. The van der Waals surface area contributed by atoms with Gasteiger partial charge in [0.25, 0.3) is 5.89 Å². The van der Waals surface area contributed by atoms with Gasteiger partial charge in [-0.05, 0) is 75.3 Å². The molecule has 1 aliphatic rings. The Balaban J connectivity index is 1.21. The molecule has 0 amide bonds. The van der Waals surface area contributed by atoms with Crippen molar-refractivity contribution >= 4 is 5.82 Å². The Morgan fingerprint density at radius 3 is 2.66 bits per heavy atom. The quantitative estimate of drug-likeness (QED) is 0.336. The lowest BCUT2D eigenvalue weighted by atomic mass is 10.0. The van der Waals surface area contributed by atoms with Crippen LogP contribution in [0.1, 0.15) is 30.5 Å². The zero-order valence-corrected chi connectivity index (χ0v) is 21.1. The highest BCUT2D eigenvalue weighted by Gasteiger charge is 2.31. The van der Waals surface area contributed by atoms with E-state index in [2.05, 4.69) is 42.2 Å². The molecule has 12 heteroatoms. The fourth-order valence-electron chi connectivity index (χ4n) is 4.45. The van der Waals surface area contributed by atoms with Crippen LogP contribution < -0.4 is 10.1 Å². The van der Waals surface area contributed by atoms with Crippen LogP contribution in [0.4, 0.5) is 19.0 Å². The summed E-state index contributed by atoms with van der Waals surface area (Å²) in [6.07, 6.45) is 0.823. The number of anilines is 1. The Kier molecular flexibility index (Phi) is 7.32. The van der Waals surface area contributed by atoms with Gasteiger partial charge in [-0.1, -0.05) is 17.6 Å². The average Bonchev–Trinajstić information content (AvgIpc) is 3.51. The molecule has 1 atom stereocenters. The Morgan fingerprint density at radius 1 is 1.13 bits per heavy atom. The Bertz CT molecular complexity index is 1350. The van der Waals surface area contributed by atoms with E-state index in [1.165, 1.54) is 43.5 Å². The highest BCUT2D eigenvalue weighted by atomic mass is 19.4. The summed E-state index contributed by atoms with van der Waals surface area (Å²) in [5, 5.41) is 12.0. The number of rotatable bonds is 8. The van der Waals surface area contributed by atoms with E-state index in [9.17, 15) is 13.2 Å². The number of ether oxygens (including phenoxy) is 1. The predicted molar refractivity (Wildman–Crippen MR) is 134 cm³/mol. The van der Waals surface area contributed by atoms with E-state index >= 15 is 0 Å². The van der Waals surface area contributed by atoms with Crippen molar-refractivity contribution in [2.24, 2.45) is 0 Å². The van der Waals surface area contributed by atoms with Crippen LogP contribution in [0.5, 0.6) is 5.75 Å². The summed E-state index contributed by atoms with van der Waals surface area (Å²) in [6, 6.07) is 11.6. The van der Waals surface area contributed by atoms with Crippen molar-refractivity contribution in [3.05, 3.63) is 59.9 Å². The maximum absolute atomic E-state index is 12.4. The Morgan fingerprint density at radius 2 is 1.95 bits per heavy atom. The largest absolute Gasteiger partial charge is 0.573 e. The van der Waals surface area contributed by atoms with E-state index in [1.54, 1.807) is 0 Å². The highest BCUT2D eigenvalue weighted by molar-refractivity contribution is 5.59. The minimum atomic E-state index is -4.75. The predicted octanol–water partition coefficient (Wildman–Crippen LogP) is 5.15. The van der Waals surface area contributed by atoms with Crippen LogP contribution in [0.3, 0.4) is 0 Å². The zero-order valence-electron chi connectivity index (χ0n) is 21.1. The summed E-state index contributed by atoms with van der Waals surface area (Å²) in [5.41, 5.74) is 2.88. The SMILES string of the molecule is Cc1cc(-c2nc(-c3ccc(OC(F)(F)F)cc3)no2)nn1Cc1ccc(NCC2CCCCN2C)nc1. The molecule has 38 heavy (non-hydrogen) atoms. The number of nitrogens with one attached hydrogen (secondary N) is 1. The lowest BCUT2D eigenvalue weighted by Gasteiger charge is -2.32. The molecule has 4 aromatic rings.